The van der Waals surface area contributed by atoms with Gasteiger partial charge in [-0.05, 0) is 43.6 Å². The highest BCUT2D eigenvalue weighted by Crippen LogP contribution is 2.27. The number of phenols is 1. The van der Waals surface area contributed by atoms with Gasteiger partial charge in [0.25, 0.3) is 0 Å². The Bertz CT molecular complexity index is 434. The summed E-state index contributed by atoms with van der Waals surface area (Å²) in [5.74, 6) is 0.466. The van der Waals surface area contributed by atoms with Crippen LogP contribution in [0, 0.1) is 0 Å². The van der Waals surface area contributed by atoms with Crippen molar-refractivity contribution in [1.82, 2.24) is 4.90 Å². The fourth-order valence-corrected chi connectivity index (χ4v) is 3.11. The van der Waals surface area contributed by atoms with Gasteiger partial charge in [-0.3, -0.25) is 9.69 Å². The zero-order valence-corrected chi connectivity index (χ0v) is 13.1. The van der Waals surface area contributed by atoms with E-state index < -0.39 is 0 Å². The Balaban J connectivity index is 3.00. The van der Waals surface area contributed by atoms with Gasteiger partial charge >= 0.3 is 0 Å². The molecule has 0 aliphatic heterocycles. The lowest BCUT2D eigenvalue weighted by Crippen LogP contribution is -2.54. The summed E-state index contributed by atoms with van der Waals surface area (Å²) in [6.45, 7) is 10.1. The quantitative estimate of drug-likeness (QED) is 0.791. The minimum Gasteiger partial charge on any atom is -0.508 e. The molecule has 0 aliphatic carbocycles. The van der Waals surface area contributed by atoms with E-state index in [0.717, 1.165) is 31.5 Å². The maximum Gasteiger partial charge on any atom is 0.157 e. The van der Waals surface area contributed by atoms with E-state index in [1.807, 2.05) is 6.07 Å². The average molecular weight is 277 g/mol. The van der Waals surface area contributed by atoms with Gasteiger partial charge in [0, 0.05) is 6.42 Å². The molecule has 0 saturated heterocycles. The number of likely N-dealkylation sites (N-methyl/N-ethyl adjacent to an activating group) is 1. The summed E-state index contributed by atoms with van der Waals surface area (Å²) in [6, 6.07) is 6.99. The second-order valence-electron chi connectivity index (χ2n) is 5.18. The molecule has 0 aliphatic rings. The molecule has 0 radical (unpaired) electrons. The van der Waals surface area contributed by atoms with E-state index in [2.05, 4.69) is 32.6 Å². The molecular weight excluding hydrogens is 250 g/mol. The molecule has 0 fully saturated rings. The Kier molecular flexibility index (Phi) is 6.21. The van der Waals surface area contributed by atoms with Gasteiger partial charge in [-0.15, -0.1) is 0 Å². The standard InChI is InChI=1S/C17H27NO2/c1-5-17(6-2,18(7-3)8-4)16(20)13-14-10-9-11-15(19)12-14/h9-12,19H,5-8,13H2,1-4H3. The first-order chi connectivity index (χ1) is 9.53. The zero-order chi connectivity index (χ0) is 15.2. The largest absolute Gasteiger partial charge is 0.508 e. The van der Waals surface area contributed by atoms with Gasteiger partial charge in [0.2, 0.25) is 0 Å². The SMILES string of the molecule is CCN(CC)C(CC)(CC)C(=O)Cc1cccc(O)c1. The monoisotopic (exact) mass is 277 g/mol. The van der Waals surface area contributed by atoms with Crippen molar-refractivity contribution in [2.45, 2.75) is 52.5 Å². The van der Waals surface area contributed by atoms with Crippen LogP contribution >= 0.6 is 0 Å². The molecule has 0 bridgehead atoms. The van der Waals surface area contributed by atoms with Crippen LogP contribution in [0.5, 0.6) is 5.75 Å². The minimum absolute atomic E-state index is 0.219. The van der Waals surface area contributed by atoms with Gasteiger partial charge in [0.1, 0.15) is 5.75 Å². The van der Waals surface area contributed by atoms with E-state index in [0.29, 0.717) is 6.42 Å². The van der Waals surface area contributed by atoms with Gasteiger partial charge in [0.15, 0.2) is 5.78 Å². The van der Waals surface area contributed by atoms with Crippen LogP contribution in [0.1, 0.15) is 46.1 Å². The van der Waals surface area contributed by atoms with Gasteiger partial charge in [0.05, 0.1) is 5.54 Å². The van der Waals surface area contributed by atoms with Crippen LogP contribution in [-0.2, 0) is 11.2 Å². The van der Waals surface area contributed by atoms with E-state index in [9.17, 15) is 9.90 Å². The van der Waals surface area contributed by atoms with Crippen molar-refractivity contribution < 1.29 is 9.90 Å². The van der Waals surface area contributed by atoms with Gasteiger partial charge in [-0.2, -0.15) is 0 Å². The number of hydrogen-bond donors (Lipinski definition) is 1. The highest BCUT2D eigenvalue weighted by atomic mass is 16.3. The molecule has 1 N–H and O–H groups in total. The number of nitrogens with zero attached hydrogens (tertiary/aromatic N) is 1. The maximum atomic E-state index is 12.8. The number of ketones is 1. The van der Waals surface area contributed by atoms with Gasteiger partial charge in [-0.1, -0.05) is 39.8 Å². The number of Topliss-reactive ketones (excluding diaryl/α,β-unsaturated/α-hetero) is 1. The summed E-state index contributed by atoms with van der Waals surface area (Å²) in [6.07, 6.45) is 2.03. The molecule has 0 heterocycles. The fraction of sp³-hybridized carbons (Fsp3) is 0.588. The highest BCUT2D eigenvalue weighted by molar-refractivity contribution is 5.90. The van der Waals surface area contributed by atoms with Crippen molar-refractivity contribution >= 4 is 5.78 Å². The average Bonchev–Trinajstić information content (AvgIpc) is 2.44. The number of carbonyl (C=O) groups excluding carboxylic acids is 1. The zero-order valence-electron chi connectivity index (χ0n) is 13.1. The second kappa shape index (κ2) is 7.44. The molecule has 0 amide bonds. The predicted molar refractivity (Wildman–Crippen MR) is 83.1 cm³/mol. The lowest BCUT2D eigenvalue weighted by atomic mass is 9.83. The van der Waals surface area contributed by atoms with E-state index in [-0.39, 0.29) is 17.1 Å². The summed E-state index contributed by atoms with van der Waals surface area (Å²) in [7, 11) is 0. The first kappa shape index (κ1) is 16.7. The highest BCUT2D eigenvalue weighted by Gasteiger charge is 2.38. The molecule has 0 atom stereocenters. The van der Waals surface area contributed by atoms with Crippen molar-refractivity contribution in [1.29, 1.82) is 0 Å². The third-order valence-corrected chi connectivity index (χ3v) is 4.33. The molecule has 3 heteroatoms. The summed E-state index contributed by atoms with van der Waals surface area (Å²) in [5, 5.41) is 9.52. The Morgan fingerprint density at radius 1 is 1.15 bits per heavy atom. The first-order valence-corrected chi connectivity index (χ1v) is 7.60. The molecule has 112 valence electrons. The Morgan fingerprint density at radius 2 is 1.75 bits per heavy atom. The summed E-state index contributed by atoms with van der Waals surface area (Å²) < 4.78 is 0. The van der Waals surface area contributed by atoms with Crippen LogP contribution in [0.3, 0.4) is 0 Å². The maximum absolute atomic E-state index is 12.8. The van der Waals surface area contributed by atoms with Crippen LogP contribution < -0.4 is 0 Å². The molecule has 1 aromatic rings. The molecule has 20 heavy (non-hydrogen) atoms. The lowest BCUT2D eigenvalue weighted by Gasteiger charge is -2.41. The molecule has 1 aromatic carbocycles. The Labute approximate surface area is 122 Å². The summed E-state index contributed by atoms with van der Waals surface area (Å²) in [4.78, 5) is 15.1. The normalized spacial score (nSPS) is 11.8. The summed E-state index contributed by atoms with van der Waals surface area (Å²) in [5.41, 5.74) is 0.503. The van der Waals surface area contributed by atoms with E-state index in [4.69, 9.17) is 0 Å². The van der Waals surface area contributed by atoms with E-state index >= 15 is 0 Å². The van der Waals surface area contributed by atoms with Crippen molar-refractivity contribution in [3.05, 3.63) is 29.8 Å². The van der Waals surface area contributed by atoms with Gasteiger partial charge in [-0.25, -0.2) is 0 Å². The van der Waals surface area contributed by atoms with Crippen molar-refractivity contribution in [3.8, 4) is 5.75 Å². The van der Waals surface area contributed by atoms with Crippen LogP contribution in [0.15, 0.2) is 24.3 Å². The molecule has 0 unspecified atom stereocenters. The molecule has 0 spiro atoms. The molecule has 1 rings (SSSR count). The molecular formula is C17H27NO2. The van der Waals surface area contributed by atoms with Crippen LogP contribution in [-0.4, -0.2) is 34.4 Å². The van der Waals surface area contributed by atoms with Crippen molar-refractivity contribution in [2.75, 3.05) is 13.1 Å². The number of benzene rings is 1. The second-order valence-corrected chi connectivity index (χ2v) is 5.18. The van der Waals surface area contributed by atoms with Gasteiger partial charge < -0.3 is 5.11 Å². The Morgan fingerprint density at radius 3 is 2.20 bits per heavy atom. The smallest absolute Gasteiger partial charge is 0.157 e. The number of hydrogen-bond acceptors (Lipinski definition) is 3. The number of rotatable bonds is 8. The minimum atomic E-state index is -0.380. The Hall–Kier alpha value is -1.35. The molecule has 3 nitrogen and oxygen atoms in total. The number of aromatic hydroxyl groups is 1. The van der Waals surface area contributed by atoms with Crippen molar-refractivity contribution in [2.24, 2.45) is 0 Å². The van der Waals surface area contributed by atoms with Crippen LogP contribution in [0.25, 0.3) is 0 Å². The first-order valence-electron chi connectivity index (χ1n) is 7.60. The molecule has 0 aromatic heterocycles. The van der Waals surface area contributed by atoms with Crippen molar-refractivity contribution in [3.63, 3.8) is 0 Å². The van der Waals surface area contributed by atoms with Crippen LogP contribution in [0.4, 0.5) is 0 Å². The van der Waals surface area contributed by atoms with Crippen LogP contribution in [0.2, 0.25) is 0 Å². The van der Waals surface area contributed by atoms with E-state index in [1.54, 1.807) is 18.2 Å². The molecule has 0 saturated carbocycles. The van der Waals surface area contributed by atoms with E-state index in [1.165, 1.54) is 0 Å². The fourth-order valence-electron chi connectivity index (χ4n) is 3.11. The third kappa shape index (κ3) is 3.40. The number of phenolic OH excluding ortho intramolecular Hbond substituents is 1. The third-order valence-electron chi connectivity index (χ3n) is 4.33. The number of carbonyl (C=O) groups is 1. The topological polar surface area (TPSA) is 40.5 Å². The lowest BCUT2D eigenvalue weighted by molar-refractivity contribution is -0.131. The predicted octanol–water partition coefficient (Wildman–Crippen LogP) is 3.40. The summed E-state index contributed by atoms with van der Waals surface area (Å²) >= 11 is 0.